The molecule has 10 heteroatoms. The molecule has 168 valence electrons. The molecule has 0 aromatic carbocycles. The van der Waals surface area contributed by atoms with Gasteiger partial charge < -0.3 is 24.7 Å². The Bertz CT molecular complexity index is 1340. The van der Waals surface area contributed by atoms with E-state index in [9.17, 15) is 4.79 Å². The Labute approximate surface area is 189 Å². The number of H-pyrrole nitrogens is 1. The zero-order valence-electron chi connectivity index (χ0n) is 18.3. The van der Waals surface area contributed by atoms with Gasteiger partial charge in [-0.15, -0.1) is 0 Å². The molecule has 0 unspecified atom stereocenters. The number of nitrogens with one attached hydrogen (secondary N) is 2. The minimum Gasteiger partial charge on any atom is -0.480 e. The van der Waals surface area contributed by atoms with Crippen LogP contribution in [-0.4, -0.2) is 57.8 Å². The van der Waals surface area contributed by atoms with Crippen LogP contribution in [0, 0.1) is 0 Å². The first kappa shape index (κ1) is 20.8. The molecule has 4 aromatic heterocycles. The predicted octanol–water partition coefficient (Wildman–Crippen LogP) is 2.75. The molecule has 0 radical (unpaired) electrons. The number of hydrogen-bond acceptors (Lipinski definition) is 9. The normalized spacial score (nSPS) is 16.1. The molecule has 1 saturated heterocycles. The van der Waals surface area contributed by atoms with Gasteiger partial charge in [0.05, 0.1) is 55.2 Å². The summed E-state index contributed by atoms with van der Waals surface area (Å²) in [6.07, 6.45) is 6.64. The Kier molecular flexibility index (Phi) is 5.57. The van der Waals surface area contributed by atoms with E-state index in [-0.39, 0.29) is 11.7 Å². The summed E-state index contributed by atoms with van der Waals surface area (Å²) < 4.78 is 10.8. The molecule has 10 nitrogen and oxygen atoms in total. The maximum absolute atomic E-state index is 12.6. The second-order valence-corrected chi connectivity index (χ2v) is 7.73. The van der Waals surface area contributed by atoms with Crippen molar-refractivity contribution >= 4 is 28.1 Å². The van der Waals surface area contributed by atoms with Gasteiger partial charge in [-0.1, -0.05) is 0 Å². The molecule has 0 aliphatic carbocycles. The molecule has 1 aliphatic rings. The molecular weight excluding hydrogens is 422 g/mol. The standard InChI is InChI=1S/C23H23N7O3/c1-14-13-30(7-8-33-14)19-4-3-16(10-26-19)27-22-21-15(5-6-25-23(21)31)9-17(29-22)18-11-24-12-20(28-18)32-2/h3-6,9-12,14H,7-8,13H2,1-2H3,(H,25,31)(H,27,29)/t14-/m1/s1. The average molecular weight is 445 g/mol. The number of aromatic nitrogens is 5. The van der Waals surface area contributed by atoms with Gasteiger partial charge in [-0.05, 0) is 36.6 Å². The summed E-state index contributed by atoms with van der Waals surface area (Å²) in [5.74, 6) is 1.67. The van der Waals surface area contributed by atoms with E-state index in [4.69, 9.17) is 9.47 Å². The fraction of sp³-hybridized carbons (Fsp3) is 0.261. The second kappa shape index (κ2) is 8.83. The number of anilines is 3. The minimum absolute atomic E-state index is 0.170. The Morgan fingerprint density at radius 1 is 1.18 bits per heavy atom. The number of hydrogen-bond donors (Lipinski definition) is 2. The Hall–Kier alpha value is -4.05. The van der Waals surface area contributed by atoms with E-state index in [1.807, 2.05) is 18.2 Å². The van der Waals surface area contributed by atoms with Crippen LogP contribution in [0.2, 0.25) is 0 Å². The van der Waals surface area contributed by atoms with E-state index in [0.29, 0.717) is 40.8 Å². The Balaban J connectivity index is 1.51. The van der Waals surface area contributed by atoms with Crippen LogP contribution in [0.5, 0.6) is 5.88 Å². The number of fused-ring (bicyclic) bond motifs is 1. The highest BCUT2D eigenvalue weighted by Gasteiger charge is 2.18. The van der Waals surface area contributed by atoms with Crippen LogP contribution < -0.4 is 20.5 Å². The molecule has 2 N–H and O–H groups in total. The van der Waals surface area contributed by atoms with Crippen LogP contribution in [0.4, 0.5) is 17.3 Å². The topological polar surface area (TPSA) is 118 Å². The minimum atomic E-state index is -0.238. The Morgan fingerprint density at radius 2 is 2.09 bits per heavy atom. The van der Waals surface area contributed by atoms with Gasteiger partial charge in [0.2, 0.25) is 5.88 Å². The number of nitrogens with zero attached hydrogens (tertiary/aromatic N) is 5. The summed E-state index contributed by atoms with van der Waals surface area (Å²) >= 11 is 0. The zero-order valence-corrected chi connectivity index (χ0v) is 18.3. The summed E-state index contributed by atoms with van der Waals surface area (Å²) in [6, 6.07) is 7.50. The number of morpholine rings is 1. The van der Waals surface area contributed by atoms with Crippen molar-refractivity contribution in [3.63, 3.8) is 0 Å². The van der Waals surface area contributed by atoms with E-state index in [2.05, 4.69) is 42.1 Å². The number of methoxy groups -OCH3 is 1. The van der Waals surface area contributed by atoms with Gasteiger partial charge in [-0.3, -0.25) is 9.78 Å². The smallest absolute Gasteiger partial charge is 0.259 e. The molecule has 0 spiro atoms. The van der Waals surface area contributed by atoms with E-state index in [1.165, 1.54) is 13.3 Å². The first-order chi connectivity index (χ1) is 16.1. The quantitative estimate of drug-likeness (QED) is 0.478. The number of ether oxygens (including phenoxy) is 2. The molecule has 4 aromatic rings. The number of pyridine rings is 3. The van der Waals surface area contributed by atoms with Crippen molar-refractivity contribution in [2.24, 2.45) is 0 Å². The second-order valence-electron chi connectivity index (χ2n) is 7.73. The monoisotopic (exact) mass is 445 g/mol. The lowest BCUT2D eigenvalue weighted by atomic mass is 10.1. The van der Waals surface area contributed by atoms with Crippen molar-refractivity contribution in [3.05, 3.63) is 59.4 Å². The molecule has 5 rings (SSSR count). The molecule has 5 heterocycles. The van der Waals surface area contributed by atoms with Crippen molar-refractivity contribution in [2.75, 3.05) is 37.0 Å². The Morgan fingerprint density at radius 3 is 2.88 bits per heavy atom. The van der Waals surface area contributed by atoms with Crippen molar-refractivity contribution < 1.29 is 9.47 Å². The third-order valence-electron chi connectivity index (χ3n) is 5.41. The van der Waals surface area contributed by atoms with Crippen molar-refractivity contribution in [2.45, 2.75) is 13.0 Å². The molecule has 0 amide bonds. The van der Waals surface area contributed by atoms with Crippen LogP contribution in [0.3, 0.4) is 0 Å². The van der Waals surface area contributed by atoms with E-state index in [1.54, 1.807) is 24.7 Å². The van der Waals surface area contributed by atoms with Gasteiger partial charge in [0.25, 0.3) is 5.56 Å². The summed E-state index contributed by atoms with van der Waals surface area (Å²) in [5.41, 5.74) is 1.58. The van der Waals surface area contributed by atoms with E-state index < -0.39 is 0 Å². The zero-order chi connectivity index (χ0) is 22.8. The maximum atomic E-state index is 12.6. The van der Waals surface area contributed by atoms with Gasteiger partial charge in [0.15, 0.2) is 0 Å². The summed E-state index contributed by atoms with van der Waals surface area (Å²) in [7, 11) is 1.53. The van der Waals surface area contributed by atoms with Crippen LogP contribution in [0.1, 0.15) is 6.92 Å². The highest BCUT2D eigenvalue weighted by atomic mass is 16.5. The van der Waals surface area contributed by atoms with Crippen LogP contribution in [0.15, 0.2) is 53.8 Å². The lowest BCUT2D eigenvalue weighted by Gasteiger charge is -2.32. The summed E-state index contributed by atoms with van der Waals surface area (Å²) in [4.78, 5) is 35.4. The van der Waals surface area contributed by atoms with Crippen molar-refractivity contribution in [3.8, 4) is 17.3 Å². The van der Waals surface area contributed by atoms with Crippen LogP contribution in [-0.2, 0) is 4.74 Å². The highest BCUT2D eigenvalue weighted by molar-refractivity contribution is 5.94. The van der Waals surface area contributed by atoms with Gasteiger partial charge in [-0.2, -0.15) is 0 Å². The van der Waals surface area contributed by atoms with Gasteiger partial charge >= 0.3 is 0 Å². The first-order valence-electron chi connectivity index (χ1n) is 10.6. The predicted molar refractivity (Wildman–Crippen MR) is 125 cm³/mol. The van der Waals surface area contributed by atoms with E-state index in [0.717, 1.165) is 24.3 Å². The number of aromatic amines is 1. The third-order valence-corrected chi connectivity index (χ3v) is 5.41. The molecule has 1 fully saturated rings. The molecule has 0 bridgehead atoms. The fourth-order valence-corrected chi connectivity index (χ4v) is 3.82. The third kappa shape index (κ3) is 4.33. The van der Waals surface area contributed by atoms with Gasteiger partial charge in [0.1, 0.15) is 17.3 Å². The first-order valence-corrected chi connectivity index (χ1v) is 10.6. The van der Waals surface area contributed by atoms with Crippen molar-refractivity contribution in [1.29, 1.82) is 0 Å². The molecular formula is C23H23N7O3. The highest BCUT2D eigenvalue weighted by Crippen LogP contribution is 2.28. The van der Waals surface area contributed by atoms with E-state index >= 15 is 0 Å². The van der Waals surface area contributed by atoms with Crippen LogP contribution >= 0.6 is 0 Å². The van der Waals surface area contributed by atoms with Crippen LogP contribution in [0.25, 0.3) is 22.2 Å². The lowest BCUT2D eigenvalue weighted by molar-refractivity contribution is 0.0529. The molecule has 0 saturated carbocycles. The maximum Gasteiger partial charge on any atom is 0.259 e. The largest absolute Gasteiger partial charge is 0.480 e. The lowest BCUT2D eigenvalue weighted by Crippen LogP contribution is -2.41. The van der Waals surface area contributed by atoms with Gasteiger partial charge in [-0.25, -0.2) is 15.0 Å². The average Bonchev–Trinajstić information content (AvgIpc) is 2.84. The van der Waals surface area contributed by atoms with Gasteiger partial charge in [0, 0.05) is 19.3 Å². The molecule has 1 aliphatic heterocycles. The summed E-state index contributed by atoms with van der Waals surface area (Å²) in [6.45, 7) is 4.33. The summed E-state index contributed by atoms with van der Waals surface area (Å²) in [5, 5.41) is 4.42. The van der Waals surface area contributed by atoms with Crippen molar-refractivity contribution in [1.82, 2.24) is 24.9 Å². The molecule has 1 atom stereocenters. The SMILES string of the molecule is COc1cncc(-c2cc3cc[nH]c(=O)c3c(Nc3ccc(N4CCO[C@H](C)C4)nc3)n2)n1. The molecule has 33 heavy (non-hydrogen) atoms. The number of rotatable bonds is 5. The fourth-order valence-electron chi connectivity index (χ4n) is 3.82.